The average Bonchev–Trinajstić information content (AvgIpc) is 2.08. The first kappa shape index (κ1) is 9.69. The van der Waals surface area contributed by atoms with Crippen LogP contribution in [0.1, 0.15) is 19.4 Å². The second kappa shape index (κ2) is 4.58. The predicted octanol–water partition coefficient (Wildman–Crippen LogP) is 3.21. The fourth-order valence-corrected chi connectivity index (χ4v) is 0.887. The Hall–Kier alpha value is -1.40. The summed E-state index contributed by atoms with van der Waals surface area (Å²) in [6.45, 7) is 6.02. The summed E-state index contributed by atoms with van der Waals surface area (Å²) in [5, 5.41) is 0. The van der Waals surface area contributed by atoms with E-state index in [4.69, 9.17) is 0 Å². The van der Waals surface area contributed by atoms with E-state index in [1.807, 2.05) is 45.0 Å². The lowest BCUT2D eigenvalue weighted by atomic mass is 10.2. The molecule has 0 amide bonds. The van der Waals surface area contributed by atoms with E-state index >= 15 is 0 Å². The Morgan fingerprint density at radius 2 is 1.92 bits per heavy atom. The second-order valence-corrected chi connectivity index (χ2v) is 3.22. The lowest BCUT2D eigenvalue weighted by Gasteiger charge is -1.94. The first-order chi connectivity index (χ1) is 6.20. The van der Waals surface area contributed by atoms with Gasteiger partial charge in [-0.05, 0) is 32.4 Å². The van der Waals surface area contributed by atoms with Gasteiger partial charge in [-0.2, -0.15) is 4.99 Å². The minimum atomic E-state index is 0.257. The van der Waals surface area contributed by atoms with E-state index < -0.39 is 0 Å². The van der Waals surface area contributed by atoms with Crippen molar-refractivity contribution in [3.63, 3.8) is 0 Å². The minimum absolute atomic E-state index is 0.257. The normalized spacial score (nSPS) is 9.54. The number of hydrogen-bond acceptors (Lipinski definition) is 2. The molecule has 0 radical (unpaired) electrons. The molecule has 0 N–H and O–H groups in total. The molecule has 0 atom stereocenters. The number of aliphatic imine (C=N–C) groups is 2. The third-order valence-electron chi connectivity index (χ3n) is 1.60. The summed E-state index contributed by atoms with van der Waals surface area (Å²) in [5.41, 5.74) is 2.08. The molecule has 1 rings (SSSR count). The summed E-state index contributed by atoms with van der Waals surface area (Å²) >= 11 is 0. The molecule has 13 heavy (non-hydrogen) atoms. The molecule has 68 valence electrons. The number of hydrogen-bond donors (Lipinski definition) is 0. The highest BCUT2D eigenvalue weighted by molar-refractivity contribution is 5.55. The van der Waals surface area contributed by atoms with E-state index in [2.05, 4.69) is 16.0 Å². The van der Waals surface area contributed by atoms with Crippen LogP contribution in [0, 0.1) is 6.92 Å². The summed E-state index contributed by atoms with van der Waals surface area (Å²) in [5.74, 6) is 0. The van der Waals surface area contributed by atoms with Gasteiger partial charge in [-0.15, -0.1) is 0 Å². The third kappa shape index (κ3) is 3.22. The fourth-order valence-electron chi connectivity index (χ4n) is 0.887. The van der Waals surface area contributed by atoms with Gasteiger partial charge in [0.05, 0.1) is 17.7 Å². The number of nitrogens with zero attached hydrogens (tertiary/aromatic N) is 2. The molecule has 1 aromatic carbocycles. The molecule has 0 aliphatic heterocycles. The molecule has 0 saturated carbocycles. The largest absolute Gasteiger partial charge is 0.223 e. The van der Waals surface area contributed by atoms with Crippen molar-refractivity contribution in [3.8, 4) is 0 Å². The SMILES string of the molecule is Cc1ccccc1N=C=NC(C)C. The summed E-state index contributed by atoms with van der Waals surface area (Å²) in [4.78, 5) is 8.17. The molecule has 0 aliphatic carbocycles. The van der Waals surface area contributed by atoms with Crippen LogP contribution >= 0.6 is 0 Å². The first-order valence-corrected chi connectivity index (χ1v) is 4.41. The Bertz CT molecular complexity index is 334. The minimum Gasteiger partial charge on any atom is -0.223 e. The predicted molar refractivity (Wildman–Crippen MR) is 55.8 cm³/mol. The van der Waals surface area contributed by atoms with Crippen LogP contribution < -0.4 is 0 Å². The van der Waals surface area contributed by atoms with E-state index in [1.54, 1.807) is 0 Å². The molecule has 2 heteroatoms. The van der Waals surface area contributed by atoms with Gasteiger partial charge in [0.1, 0.15) is 0 Å². The van der Waals surface area contributed by atoms with E-state index in [-0.39, 0.29) is 6.04 Å². The Kier molecular flexibility index (Phi) is 3.41. The van der Waals surface area contributed by atoms with Crippen LogP contribution in [0.3, 0.4) is 0 Å². The molecule has 0 saturated heterocycles. The first-order valence-electron chi connectivity index (χ1n) is 4.41. The van der Waals surface area contributed by atoms with Crippen LogP contribution in [0.15, 0.2) is 34.3 Å². The van der Waals surface area contributed by atoms with Gasteiger partial charge in [-0.1, -0.05) is 18.2 Å². The van der Waals surface area contributed by atoms with Crippen molar-refractivity contribution in [1.29, 1.82) is 0 Å². The van der Waals surface area contributed by atoms with Gasteiger partial charge in [-0.3, -0.25) is 0 Å². The second-order valence-electron chi connectivity index (χ2n) is 3.22. The van der Waals surface area contributed by atoms with Crippen LogP contribution in [0.25, 0.3) is 0 Å². The van der Waals surface area contributed by atoms with Crippen molar-refractivity contribution in [2.75, 3.05) is 0 Å². The maximum atomic E-state index is 4.13. The average molecular weight is 174 g/mol. The topological polar surface area (TPSA) is 24.7 Å². The van der Waals surface area contributed by atoms with Crippen LogP contribution in [0.4, 0.5) is 5.69 Å². The summed E-state index contributed by atoms with van der Waals surface area (Å²) in [6, 6.07) is 10.9. The van der Waals surface area contributed by atoms with Crippen LogP contribution in [0.5, 0.6) is 0 Å². The van der Waals surface area contributed by atoms with E-state index in [0.29, 0.717) is 0 Å². The highest BCUT2D eigenvalue weighted by Crippen LogP contribution is 2.15. The number of rotatable bonds is 2. The van der Waals surface area contributed by atoms with Crippen molar-refractivity contribution in [1.82, 2.24) is 0 Å². The van der Waals surface area contributed by atoms with Gasteiger partial charge in [0.15, 0.2) is 0 Å². The summed E-state index contributed by atoms with van der Waals surface area (Å²) < 4.78 is 0. The molecule has 1 aromatic rings. The van der Waals surface area contributed by atoms with Crippen molar-refractivity contribution in [2.45, 2.75) is 26.8 Å². The lowest BCUT2D eigenvalue weighted by Crippen LogP contribution is -1.84. The van der Waals surface area contributed by atoms with E-state index in [1.165, 1.54) is 0 Å². The van der Waals surface area contributed by atoms with Crippen LogP contribution in [0.2, 0.25) is 0 Å². The van der Waals surface area contributed by atoms with Gasteiger partial charge >= 0.3 is 0 Å². The monoisotopic (exact) mass is 174 g/mol. The van der Waals surface area contributed by atoms with Crippen molar-refractivity contribution in [2.24, 2.45) is 9.98 Å². The maximum Gasteiger partial charge on any atom is 0.0951 e. The van der Waals surface area contributed by atoms with Gasteiger partial charge in [-0.25, -0.2) is 4.99 Å². The molecule has 0 fully saturated rings. The molecular formula is C11H14N2. The van der Waals surface area contributed by atoms with E-state index in [9.17, 15) is 0 Å². The third-order valence-corrected chi connectivity index (χ3v) is 1.60. The Morgan fingerprint density at radius 1 is 1.23 bits per heavy atom. The summed E-state index contributed by atoms with van der Waals surface area (Å²) in [7, 11) is 0. The zero-order valence-corrected chi connectivity index (χ0v) is 8.28. The quantitative estimate of drug-likeness (QED) is 0.615. The molecule has 0 bridgehead atoms. The smallest absolute Gasteiger partial charge is 0.0951 e. The molecule has 0 aliphatic rings. The summed E-state index contributed by atoms with van der Waals surface area (Å²) in [6.07, 6.45) is 0. The number of aryl methyl sites for hydroxylation is 1. The Labute approximate surface area is 79.0 Å². The maximum absolute atomic E-state index is 4.13. The fraction of sp³-hybridized carbons (Fsp3) is 0.364. The molecular weight excluding hydrogens is 160 g/mol. The Balaban J connectivity index is 2.86. The number of benzene rings is 1. The van der Waals surface area contributed by atoms with Crippen molar-refractivity contribution in [3.05, 3.63) is 29.8 Å². The molecule has 0 spiro atoms. The van der Waals surface area contributed by atoms with Gasteiger partial charge < -0.3 is 0 Å². The Morgan fingerprint density at radius 3 is 2.54 bits per heavy atom. The van der Waals surface area contributed by atoms with Crippen LogP contribution in [-0.4, -0.2) is 12.1 Å². The van der Waals surface area contributed by atoms with E-state index in [0.717, 1.165) is 11.3 Å². The lowest BCUT2D eigenvalue weighted by molar-refractivity contribution is 0.841. The highest BCUT2D eigenvalue weighted by atomic mass is 14.8. The molecule has 0 heterocycles. The van der Waals surface area contributed by atoms with Gasteiger partial charge in [0.25, 0.3) is 0 Å². The zero-order valence-electron chi connectivity index (χ0n) is 8.28. The van der Waals surface area contributed by atoms with Crippen molar-refractivity contribution >= 4 is 11.7 Å². The van der Waals surface area contributed by atoms with Crippen LogP contribution in [-0.2, 0) is 0 Å². The standard InChI is InChI=1S/C11H14N2/c1-9(2)12-8-13-11-7-5-4-6-10(11)3/h4-7,9H,1-3H3. The molecule has 0 aromatic heterocycles. The molecule has 2 nitrogen and oxygen atoms in total. The molecule has 0 unspecified atom stereocenters. The number of para-hydroxylation sites is 1. The van der Waals surface area contributed by atoms with Gasteiger partial charge in [0.2, 0.25) is 0 Å². The van der Waals surface area contributed by atoms with Crippen molar-refractivity contribution < 1.29 is 0 Å². The van der Waals surface area contributed by atoms with Gasteiger partial charge in [0, 0.05) is 0 Å². The highest BCUT2D eigenvalue weighted by Gasteiger charge is 1.90. The zero-order chi connectivity index (χ0) is 9.68.